The van der Waals surface area contributed by atoms with Crippen LogP contribution < -0.4 is 11.1 Å². The summed E-state index contributed by atoms with van der Waals surface area (Å²) in [6.45, 7) is 3.01. The van der Waals surface area contributed by atoms with Gasteiger partial charge < -0.3 is 11.1 Å². The molecule has 3 N–H and O–H groups in total. The van der Waals surface area contributed by atoms with E-state index in [0.717, 1.165) is 23.3 Å². The van der Waals surface area contributed by atoms with E-state index in [9.17, 15) is 0 Å². The van der Waals surface area contributed by atoms with Crippen molar-refractivity contribution in [1.82, 2.24) is 0 Å². The topological polar surface area (TPSA) is 38.0 Å². The van der Waals surface area contributed by atoms with Crippen molar-refractivity contribution in [3.8, 4) is 0 Å². The lowest BCUT2D eigenvalue weighted by molar-refractivity contribution is 1.22. The van der Waals surface area contributed by atoms with Gasteiger partial charge in [0, 0.05) is 28.7 Å². The highest BCUT2D eigenvalue weighted by molar-refractivity contribution is 6.00. The van der Waals surface area contributed by atoms with E-state index in [-0.39, 0.29) is 0 Å². The molecule has 0 aliphatic heterocycles. The minimum absolute atomic E-state index is 0.835. The Balaban J connectivity index is 2.68. The molecule has 0 fully saturated rings. The number of benzene rings is 2. The zero-order valence-electron chi connectivity index (χ0n) is 8.25. The smallest absolute Gasteiger partial charge is 0.0421 e. The normalized spacial score (nSPS) is 10.4. The van der Waals surface area contributed by atoms with Gasteiger partial charge in [-0.05, 0) is 19.1 Å². The van der Waals surface area contributed by atoms with E-state index in [1.807, 2.05) is 30.3 Å². The van der Waals surface area contributed by atoms with Crippen molar-refractivity contribution in [2.75, 3.05) is 17.6 Å². The average molecular weight is 186 g/mol. The van der Waals surface area contributed by atoms with E-state index < -0.39 is 0 Å². The summed E-state index contributed by atoms with van der Waals surface area (Å²) in [5.41, 5.74) is 7.88. The second-order valence-corrected chi connectivity index (χ2v) is 3.28. The Hall–Kier alpha value is -1.70. The number of hydrogen-bond acceptors (Lipinski definition) is 2. The minimum Gasteiger partial charge on any atom is -0.398 e. The molecule has 0 atom stereocenters. The zero-order chi connectivity index (χ0) is 9.97. The van der Waals surface area contributed by atoms with Crippen molar-refractivity contribution in [1.29, 1.82) is 0 Å². The Labute approximate surface area is 83.7 Å². The summed E-state index contributed by atoms with van der Waals surface area (Å²) in [5, 5.41) is 5.63. The molecule has 2 nitrogen and oxygen atoms in total. The van der Waals surface area contributed by atoms with Crippen molar-refractivity contribution in [3.05, 3.63) is 36.4 Å². The Morgan fingerprint density at radius 3 is 2.50 bits per heavy atom. The van der Waals surface area contributed by atoms with Crippen molar-refractivity contribution < 1.29 is 0 Å². The molecule has 0 saturated carbocycles. The van der Waals surface area contributed by atoms with Crippen LogP contribution in [0.4, 0.5) is 11.4 Å². The Bertz CT molecular complexity index is 449. The van der Waals surface area contributed by atoms with Gasteiger partial charge in [-0.2, -0.15) is 0 Å². The maximum Gasteiger partial charge on any atom is 0.0421 e. The summed E-state index contributed by atoms with van der Waals surface area (Å²) in [5.74, 6) is 0. The van der Waals surface area contributed by atoms with Crippen LogP contribution in [0.1, 0.15) is 6.92 Å². The predicted octanol–water partition coefficient (Wildman–Crippen LogP) is 2.85. The molecule has 0 amide bonds. The Kier molecular flexibility index (Phi) is 2.27. The van der Waals surface area contributed by atoms with Crippen molar-refractivity contribution in [3.63, 3.8) is 0 Å². The maximum atomic E-state index is 5.89. The molecule has 0 radical (unpaired) electrons. The third-order valence-corrected chi connectivity index (χ3v) is 2.33. The minimum atomic E-state index is 0.835. The largest absolute Gasteiger partial charge is 0.398 e. The van der Waals surface area contributed by atoms with Gasteiger partial charge in [-0.3, -0.25) is 0 Å². The van der Waals surface area contributed by atoms with Gasteiger partial charge in [-0.25, -0.2) is 0 Å². The third-order valence-electron chi connectivity index (χ3n) is 2.33. The van der Waals surface area contributed by atoms with Crippen LogP contribution in [0.25, 0.3) is 10.8 Å². The molecule has 72 valence electrons. The highest BCUT2D eigenvalue weighted by Gasteiger charge is 2.01. The lowest BCUT2D eigenvalue weighted by Gasteiger charge is -2.09. The third kappa shape index (κ3) is 1.39. The summed E-state index contributed by atoms with van der Waals surface area (Å²) in [6.07, 6.45) is 0. The van der Waals surface area contributed by atoms with Crippen LogP contribution in [0.2, 0.25) is 0 Å². The lowest BCUT2D eigenvalue weighted by atomic mass is 10.1. The van der Waals surface area contributed by atoms with Gasteiger partial charge in [-0.1, -0.05) is 24.3 Å². The van der Waals surface area contributed by atoms with Crippen LogP contribution in [0.3, 0.4) is 0 Å². The molecule has 0 aliphatic rings. The summed E-state index contributed by atoms with van der Waals surface area (Å²) in [7, 11) is 0. The molecule has 0 bridgehead atoms. The Morgan fingerprint density at radius 2 is 1.79 bits per heavy atom. The molecule has 0 aromatic heterocycles. The first-order valence-corrected chi connectivity index (χ1v) is 4.84. The first-order valence-electron chi connectivity index (χ1n) is 4.84. The fraction of sp³-hybridized carbons (Fsp3) is 0.167. The molecular weight excluding hydrogens is 172 g/mol. The van der Waals surface area contributed by atoms with Gasteiger partial charge in [0.1, 0.15) is 0 Å². The highest BCUT2D eigenvalue weighted by Crippen LogP contribution is 2.27. The van der Waals surface area contributed by atoms with Crippen LogP contribution >= 0.6 is 0 Å². The van der Waals surface area contributed by atoms with Crippen molar-refractivity contribution in [2.24, 2.45) is 0 Å². The molecule has 2 rings (SSSR count). The van der Waals surface area contributed by atoms with Gasteiger partial charge in [-0.15, -0.1) is 0 Å². The molecule has 0 saturated heterocycles. The SMILES string of the molecule is CCNc1ccc(N)c2ccccc12. The van der Waals surface area contributed by atoms with Crippen LogP contribution in [-0.2, 0) is 0 Å². The van der Waals surface area contributed by atoms with Gasteiger partial charge in [0.25, 0.3) is 0 Å². The number of nitrogen functional groups attached to an aromatic ring is 1. The maximum absolute atomic E-state index is 5.89. The van der Waals surface area contributed by atoms with E-state index in [0.29, 0.717) is 0 Å². The van der Waals surface area contributed by atoms with E-state index in [2.05, 4.69) is 18.3 Å². The zero-order valence-corrected chi connectivity index (χ0v) is 8.25. The number of rotatable bonds is 2. The van der Waals surface area contributed by atoms with Gasteiger partial charge in [0.15, 0.2) is 0 Å². The fourth-order valence-corrected chi connectivity index (χ4v) is 1.67. The summed E-state index contributed by atoms with van der Waals surface area (Å²) < 4.78 is 0. The summed E-state index contributed by atoms with van der Waals surface area (Å²) in [6, 6.07) is 12.1. The lowest BCUT2D eigenvalue weighted by Crippen LogP contribution is -1.98. The van der Waals surface area contributed by atoms with Crippen LogP contribution in [0.15, 0.2) is 36.4 Å². The summed E-state index contributed by atoms with van der Waals surface area (Å²) in [4.78, 5) is 0. The Morgan fingerprint density at radius 1 is 1.07 bits per heavy atom. The first kappa shape index (κ1) is 8.88. The van der Waals surface area contributed by atoms with Crippen LogP contribution in [0.5, 0.6) is 0 Å². The van der Waals surface area contributed by atoms with E-state index in [4.69, 9.17) is 5.73 Å². The number of anilines is 2. The van der Waals surface area contributed by atoms with Crippen LogP contribution in [0, 0.1) is 0 Å². The molecule has 0 heterocycles. The van der Waals surface area contributed by atoms with Crippen LogP contribution in [-0.4, -0.2) is 6.54 Å². The highest BCUT2D eigenvalue weighted by atomic mass is 14.9. The molecule has 14 heavy (non-hydrogen) atoms. The monoisotopic (exact) mass is 186 g/mol. The van der Waals surface area contributed by atoms with Gasteiger partial charge in [0.2, 0.25) is 0 Å². The fourth-order valence-electron chi connectivity index (χ4n) is 1.67. The second kappa shape index (κ2) is 3.58. The number of nitrogens with one attached hydrogen (secondary N) is 1. The molecule has 2 heteroatoms. The number of nitrogens with two attached hydrogens (primary N) is 1. The molecule has 2 aromatic rings. The van der Waals surface area contributed by atoms with Crippen molar-refractivity contribution >= 4 is 22.1 Å². The summed E-state index contributed by atoms with van der Waals surface area (Å²) >= 11 is 0. The standard InChI is InChI=1S/C12H14N2/c1-2-14-12-8-7-11(13)9-5-3-4-6-10(9)12/h3-8,14H,2,13H2,1H3. The quantitative estimate of drug-likeness (QED) is 0.708. The molecule has 0 aliphatic carbocycles. The van der Waals surface area contributed by atoms with E-state index in [1.54, 1.807) is 0 Å². The first-order chi connectivity index (χ1) is 6.83. The number of fused-ring (bicyclic) bond motifs is 1. The molecular formula is C12H14N2. The second-order valence-electron chi connectivity index (χ2n) is 3.28. The molecule has 0 unspecified atom stereocenters. The molecule has 0 spiro atoms. The van der Waals surface area contributed by atoms with E-state index >= 15 is 0 Å². The van der Waals surface area contributed by atoms with Gasteiger partial charge >= 0.3 is 0 Å². The van der Waals surface area contributed by atoms with E-state index in [1.165, 1.54) is 5.39 Å². The predicted molar refractivity (Wildman–Crippen MR) is 62.5 cm³/mol. The average Bonchev–Trinajstić information content (AvgIpc) is 2.23. The van der Waals surface area contributed by atoms with Crippen molar-refractivity contribution in [2.45, 2.75) is 6.92 Å². The molecule has 2 aromatic carbocycles. The van der Waals surface area contributed by atoms with Gasteiger partial charge in [0.05, 0.1) is 0 Å². The number of hydrogen-bond donors (Lipinski definition) is 2.